The average Bonchev–Trinajstić information content (AvgIpc) is 3.16. The first kappa shape index (κ1) is 37.6. The number of carbonyl (C=O) groups excluding carboxylic acids is 4. The molecule has 0 aliphatic carbocycles. The van der Waals surface area contributed by atoms with Gasteiger partial charge in [-0.15, -0.1) is 0 Å². The molecule has 5 rings (SSSR count). The first-order valence-corrected chi connectivity index (χ1v) is 17.1. The molecule has 0 saturated carbocycles. The third-order valence-corrected chi connectivity index (χ3v) is 9.04. The summed E-state index contributed by atoms with van der Waals surface area (Å²) in [6.07, 6.45) is 1.46. The summed E-state index contributed by atoms with van der Waals surface area (Å²) in [5, 5.41) is 0. The Morgan fingerprint density at radius 3 is 1.60 bits per heavy atom. The van der Waals surface area contributed by atoms with Gasteiger partial charge in [-0.25, -0.2) is 0 Å². The Balaban J connectivity index is 0.000000229. The Hall–Kier alpha value is -3.22. The maximum atomic E-state index is 13.0. The van der Waals surface area contributed by atoms with Crippen molar-refractivity contribution in [1.29, 1.82) is 0 Å². The van der Waals surface area contributed by atoms with Crippen LogP contribution in [0.25, 0.3) is 0 Å². The Labute approximate surface area is 293 Å². The molecule has 0 atom stereocenters. The summed E-state index contributed by atoms with van der Waals surface area (Å²) >= 11 is 3.37. The van der Waals surface area contributed by atoms with Gasteiger partial charge in [-0.3, -0.25) is 19.2 Å². The van der Waals surface area contributed by atoms with Gasteiger partial charge < -0.3 is 28.6 Å². The van der Waals surface area contributed by atoms with Gasteiger partial charge in [-0.05, 0) is 117 Å². The van der Waals surface area contributed by atoms with Crippen molar-refractivity contribution in [3.05, 3.63) is 63.1 Å². The van der Waals surface area contributed by atoms with Gasteiger partial charge in [0.15, 0.2) is 0 Å². The zero-order valence-corrected chi connectivity index (χ0v) is 31.4. The Morgan fingerprint density at radius 2 is 1.17 bits per heavy atom. The molecule has 0 unspecified atom stereocenters. The summed E-state index contributed by atoms with van der Waals surface area (Å²) < 4.78 is 23.7. The summed E-state index contributed by atoms with van der Waals surface area (Å²) in [6.45, 7) is 19.9. The minimum absolute atomic E-state index is 0.00204. The number of halogens is 1. The molecular formula is C36H48BBrN2O8. The van der Waals surface area contributed by atoms with Gasteiger partial charge in [0, 0.05) is 28.7 Å². The van der Waals surface area contributed by atoms with E-state index in [9.17, 15) is 19.2 Å². The van der Waals surface area contributed by atoms with E-state index in [0.717, 1.165) is 27.5 Å². The van der Waals surface area contributed by atoms with E-state index in [-0.39, 0.29) is 30.9 Å². The van der Waals surface area contributed by atoms with Crippen LogP contribution in [0.3, 0.4) is 0 Å². The minimum atomic E-state index is -0.572. The number of amides is 2. The van der Waals surface area contributed by atoms with E-state index in [0.29, 0.717) is 30.6 Å². The molecule has 3 aliphatic heterocycles. The number of benzene rings is 2. The Bertz CT molecular complexity index is 1560. The maximum Gasteiger partial charge on any atom is 0.494 e. The molecule has 0 N–H and O–H groups in total. The molecule has 0 spiro atoms. The highest BCUT2D eigenvalue weighted by atomic mass is 79.9. The van der Waals surface area contributed by atoms with Gasteiger partial charge in [0.25, 0.3) is 11.8 Å². The van der Waals surface area contributed by atoms with E-state index in [1.54, 1.807) is 15.9 Å². The average molecular weight is 728 g/mol. The van der Waals surface area contributed by atoms with Crippen molar-refractivity contribution in [2.75, 3.05) is 26.2 Å². The summed E-state index contributed by atoms with van der Waals surface area (Å²) in [6, 6.07) is 11.4. The van der Waals surface area contributed by atoms with Gasteiger partial charge >= 0.3 is 19.1 Å². The van der Waals surface area contributed by atoms with Crippen molar-refractivity contribution < 1.29 is 38.0 Å². The van der Waals surface area contributed by atoms with Gasteiger partial charge in [0.05, 0.1) is 11.2 Å². The number of hydrogen-bond acceptors (Lipinski definition) is 8. The Morgan fingerprint density at radius 1 is 0.750 bits per heavy atom. The van der Waals surface area contributed by atoms with Gasteiger partial charge in [-0.1, -0.05) is 34.1 Å². The summed E-state index contributed by atoms with van der Waals surface area (Å²) in [4.78, 5) is 52.4. The van der Waals surface area contributed by atoms with Crippen molar-refractivity contribution in [2.24, 2.45) is 0 Å². The molecule has 10 nitrogen and oxygen atoms in total. The smallest absolute Gasteiger partial charge is 0.459 e. The predicted molar refractivity (Wildman–Crippen MR) is 187 cm³/mol. The first-order chi connectivity index (χ1) is 22.0. The van der Waals surface area contributed by atoms with Crippen LogP contribution in [0, 0.1) is 0 Å². The molecule has 0 bridgehead atoms. The second kappa shape index (κ2) is 14.0. The topological polar surface area (TPSA) is 112 Å². The third kappa shape index (κ3) is 9.27. The lowest BCUT2D eigenvalue weighted by molar-refractivity contribution is -0.156. The number of nitrogens with zero attached hydrogens (tertiary/aromatic N) is 2. The van der Waals surface area contributed by atoms with E-state index in [4.69, 9.17) is 18.8 Å². The van der Waals surface area contributed by atoms with Crippen molar-refractivity contribution in [2.45, 2.75) is 104 Å². The number of esters is 2. The number of hydrogen-bond donors (Lipinski definition) is 0. The van der Waals surface area contributed by atoms with Crippen LogP contribution >= 0.6 is 15.9 Å². The number of carbonyl (C=O) groups is 4. The fourth-order valence-corrected chi connectivity index (χ4v) is 5.88. The zero-order chi connectivity index (χ0) is 35.8. The fraction of sp³-hybridized carbons (Fsp3) is 0.556. The van der Waals surface area contributed by atoms with Crippen LogP contribution in [-0.4, -0.2) is 89.3 Å². The molecule has 0 radical (unpaired) electrons. The molecule has 1 saturated heterocycles. The highest BCUT2D eigenvalue weighted by molar-refractivity contribution is 9.10. The van der Waals surface area contributed by atoms with Gasteiger partial charge in [0.2, 0.25) is 0 Å². The van der Waals surface area contributed by atoms with E-state index in [2.05, 4.69) is 15.9 Å². The molecule has 2 aromatic carbocycles. The molecule has 48 heavy (non-hydrogen) atoms. The predicted octanol–water partition coefficient (Wildman–Crippen LogP) is 5.11. The van der Waals surface area contributed by atoms with E-state index in [1.807, 2.05) is 99.6 Å². The van der Waals surface area contributed by atoms with Crippen LogP contribution in [0.15, 0.2) is 40.9 Å². The number of fused-ring (bicyclic) bond motifs is 2. The molecule has 2 amide bonds. The van der Waals surface area contributed by atoms with E-state index in [1.165, 1.54) is 0 Å². The molecule has 3 heterocycles. The van der Waals surface area contributed by atoms with Gasteiger partial charge in [-0.2, -0.15) is 0 Å². The quantitative estimate of drug-likeness (QED) is 0.309. The number of ether oxygens (including phenoxy) is 2. The molecule has 12 heteroatoms. The van der Waals surface area contributed by atoms with E-state index < -0.39 is 35.5 Å². The highest BCUT2D eigenvalue weighted by Crippen LogP contribution is 2.36. The van der Waals surface area contributed by atoms with Crippen molar-refractivity contribution >= 4 is 52.3 Å². The summed E-state index contributed by atoms with van der Waals surface area (Å²) in [7, 11) is -0.524. The summed E-state index contributed by atoms with van der Waals surface area (Å²) in [5.41, 5.74) is 2.08. The lowest BCUT2D eigenvalue weighted by Crippen LogP contribution is -2.44. The fourth-order valence-electron chi connectivity index (χ4n) is 5.52. The monoisotopic (exact) mass is 726 g/mol. The van der Waals surface area contributed by atoms with Crippen molar-refractivity contribution in [3.63, 3.8) is 0 Å². The summed E-state index contributed by atoms with van der Waals surface area (Å²) in [5.74, 6) is -1.04. The number of rotatable bonds is 5. The molecule has 260 valence electrons. The second-order valence-electron chi connectivity index (χ2n) is 15.4. The highest BCUT2D eigenvalue weighted by Gasteiger charge is 2.52. The van der Waals surface area contributed by atoms with Gasteiger partial charge in [0.1, 0.15) is 24.3 Å². The standard InChI is InChI=1S/C21H30BNO5.C15H18BrNO3/c1-19(2,3)26-17(24)13-23-11-10-14-8-9-15(12-16(14)18(23)25)22-27-20(4,5)21(6,7)28-22;1-15(2,3)20-13(18)9-17-7-6-10-4-5-11(16)8-12(10)14(17)19/h8-9,12H,10-11,13H2,1-7H3;4-5,8H,6-7,9H2,1-3H3. The lowest BCUT2D eigenvalue weighted by Gasteiger charge is -2.32. The molecule has 2 aromatic rings. The molecule has 0 aromatic heterocycles. The molecule has 3 aliphatic rings. The van der Waals surface area contributed by atoms with Crippen LogP contribution in [-0.2, 0) is 41.2 Å². The van der Waals surface area contributed by atoms with Crippen LogP contribution in [0.4, 0.5) is 0 Å². The van der Waals surface area contributed by atoms with E-state index >= 15 is 0 Å². The van der Waals surface area contributed by atoms with Crippen molar-refractivity contribution in [3.8, 4) is 0 Å². The maximum absolute atomic E-state index is 13.0. The SMILES string of the molecule is CC(C)(C)OC(=O)CN1CCc2ccc(B3OC(C)(C)C(C)(C)O3)cc2C1=O.CC(C)(C)OC(=O)CN1CCc2ccc(Br)cc2C1=O. The third-order valence-electron chi connectivity index (χ3n) is 8.55. The van der Waals surface area contributed by atoms with Crippen LogP contribution < -0.4 is 5.46 Å². The second-order valence-corrected chi connectivity index (χ2v) is 16.3. The zero-order valence-electron chi connectivity index (χ0n) is 29.8. The van der Waals surface area contributed by atoms with Crippen LogP contribution in [0.2, 0.25) is 0 Å². The van der Waals surface area contributed by atoms with Crippen molar-refractivity contribution in [1.82, 2.24) is 9.80 Å². The largest absolute Gasteiger partial charge is 0.494 e. The van der Waals surface area contributed by atoms with Crippen LogP contribution in [0.1, 0.15) is 101 Å². The lowest BCUT2D eigenvalue weighted by atomic mass is 9.77. The first-order valence-electron chi connectivity index (χ1n) is 16.3. The Kier molecular flexibility index (Phi) is 10.9. The molecular weight excluding hydrogens is 679 g/mol. The van der Waals surface area contributed by atoms with Crippen LogP contribution in [0.5, 0.6) is 0 Å². The normalized spacial score (nSPS) is 18.4. The minimum Gasteiger partial charge on any atom is -0.459 e. The molecule has 1 fully saturated rings.